The summed E-state index contributed by atoms with van der Waals surface area (Å²) < 4.78 is 67.1. The van der Waals surface area contributed by atoms with Gasteiger partial charge in [0.2, 0.25) is 5.82 Å². The van der Waals surface area contributed by atoms with Crippen molar-refractivity contribution in [3.8, 4) is 16.9 Å². The van der Waals surface area contributed by atoms with E-state index in [2.05, 4.69) is 6.92 Å². The number of rotatable bonds is 7. The molecule has 0 N–H and O–H groups in total. The van der Waals surface area contributed by atoms with Gasteiger partial charge in [0.15, 0.2) is 11.6 Å². The van der Waals surface area contributed by atoms with Gasteiger partial charge in [-0.25, -0.2) is 4.39 Å². The lowest BCUT2D eigenvalue weighted by atomic mass is 9.78. The molecule has 3 heteroatoms. The van der Waals surface area contributed by atoms with Crippen LogP contribution in [0.3, 0.4) is 0 Å². The predicted octanol–water partition coefficient (Wildman–Crippen LogP) is 7.18. The van der Waals surface area contributed by atoms with Gasteiger partial charge in [-0.15, -0.1) is 0 Å². The molecule has 1 nitrogen and oxygen atoms in total. The number of halogens is 2. The van der Waals surface area contributed by atoms with Crippen molar-refractivity contribution in [3.63, 3.8) is 0 Å². The highest BCUT2D eigenvalue weighted by Crippen LogP contribution is 2.34. The van der Waals surface area contributed by atoms with Crippen molar-refractivity contribution in [3.05, 3.63) is 53.5 Å². The van der Waals surface area contributed by atoms with Crippen LogP contribution in [0.1, 0.15) is 63.4 Å². The summed E-state index contributed by atoms with van der Waals surface area (Å²) in [4.78, 5) is 0. The maximum atomic E-state index is 14.8. The van der Waals surface area contributed by atoms with Crippen LogP contribution >= 0.6 is 0 Å². The first-order valence-electron chi connectivity index (χ1n) is 12.0. The van der Waals surface area contributed by atoms with Gasteiger partial charge >= 0.3 is 0 Å². The van der Waals surface area contributed by atoms with E-state index in [9.17, 15) is 8.78 Å². The second kappa shape index (κ2) is 9.34. The second-order valence-corrected chi connectivity index (χ2v) is 7.37. The van der Waals surface area contributed by atoms with Gasteiger partial charge in [0.25, 0.3) is 0 Å². The third kappa shape index (κ3) is 4.88. The van der Waals surface area contributed by atoms with Crippen LogP contribution in [0, 0.1) is 23.5 Å². The Labute approximate surface area is 167 Å². The molecule has 0 aromatic heterocycles. The summed E-state index contributed by atoms with van der Waals surface area (Å²) in [5, 5.41) is 0. The van der Waals surface area contributed by atoms with Gasteiger partial charge in [0.1, 0.15) is 0 Å². The lowest BCUT2D eigenvalue weighted by molar-refractivity contribution is 0.259. The normalized spacial score (nSPS) is 21.9. The minimum atomic E-state index is -1.34. The van der Waals surface area contributed by atoms with E-state index in [1.807, 2.05) is 0 Å². The van der Waals surface area contributed by atoms with E-state index in [1.54, 1.807) is 13.0 Å². The first-order valence-corrected chi connectivity index (χ1v) is 10.00. The van der Waals surface area contributed by atoms with Gasteiger partial charge in [-0.3, -0.25) is 0 Å². The minimum absolute atomic E-state index is 0.0284. The largest absolute Gasteiger partial charge is 0.491 e. The second-order valence-electron chi connectivity index (χ2n) is 7.37. The smallest absolute Gasteiger partial charge is 0.201 e. The molecule has 0 unspecified atom stereocenters. The van der Waals surface area contributed by atoms with Gasteiger partial charge in [-0.05, 0) is 54.8 Å². The average Bonchev–Trinajstić information content (AvgIpc) is 2.78. The maximum Gasteiger partial charge on any atom is 0.201 e. The van der Waals surface area contributed by atoms with Crippen LogP contribution in [0.2, 0.25) is 0 Å². The Kier molecular flexibility index (Phi) is 5.22. The van der Waals surface area contributed by atoms with Crippen LogP contribution in [-0.2, 0) is 6.42 Å². The molecule has 0 amide bonds. The molecule has 1 fully saturated rings. The van der Waals surface area contributed by atoms with Crippen molar-refractivity contribution in [2.24, 2.45) is 11.8 Å². The zero-order valence-electron chi connectivity index (χ0n) is 20.1. The van der Waals surface area contributed by atoms with Gasteiger partial charge in [0.05, 0.1) is 12.1 Å². The number of hydrogen-bond acceptors (Lipinski definition) is 1. The first-order chi connectivity index (χ1) is 14.8. The molecular formula is C24H30F2O. The summed E-state index contributed by atoms with van der Waals surface area (Å²) in [5.74, 6) is -1.80. The lowest BCUT2D eigenvalue weighted by Gasteiger charge is -2.27. The van der Waals surface area contributed by atoms with Crippen LogP contribution in [0.15, 0.2) is 36.3 Å². The van der Waals surface area contributed by atoms with E-state index in [0.717, 1.165) is 12.3 Å². The van der Waals surface area contributed by atoms with Crippen LogP contribution in [-0.4, -0.2) is 6.61 Å². The van der Waals surface area contributed by atoms with E-state index in [4.69, 9.17) is 10.2 Å². The summed E-state index contributed by atoms with van der Waals surface area (Å²) >= 11 is 0. The number of hydrogen-bond donors (Lipinski definition) is 0. The van der Waals surface area contributed by atoms with Crippen molar-refractivity contribution in [2.75, 3.05) is 6.61 Å². The average molecular weight is 377 g/mol. The summed E-state index contributed by atoms with van der Waals surface area (Å²) in [6, 6.07) is 1.76. The molecule has 0 saturated heterocycles. The number of aryl methyl sites for hydroxylation is 1. The molecule has 1 saturated carbocycles. The molecule has 27 heavy (non-hydrogen) atoms. The summed E-state index contributed by atoms with van der Waals surface area (Å²) in [5.41, 5.74) is 0.194. The van der Waals surface area contributed by atoms with Crippen LogP contribution in [0.4, 0.5) is 8.78 Å². The van der Waals surface area contributed by atoms with E-state index >= 15 is 0 Å². The Morgan fingerprint density at radius 1 is 0.963 bits per heavy atom. The van der Waals surface area contributed by atoms with Crippen LogP contribution in [0.5, 0.6) is 5.75 Å². The monoisotopic (exact) mass is 376 g/mol. The van der Waals surface area contributed by atoms with E-state index in [0.29, 0.717) is 17.9 Å². The summed E-state index contributed by atoms with van der Waals surface area (Å²) in [6.07, 6.45) is 7.75. The molecule has 0 radical (unpaired) electrons. The molecule has 3 rings (SSSR count). The third-order valence-electron chi connectivity index (χ3n) is 5.65. The van der Waals surface area contributed by atoms with Gasteiger partial charge in [-0.1, -0.05) is 63.2 Å². The molecule has 1 aliphatic rings. The fraction of sp³-hybridized carbons (Fsp3) is 0.500. The van der Waals surface area contributed by atoms with Crippen molar-refractivity contribution in [1.29, 1.82) is 0 Å². The Morgan fingerprint density at radius 2 is 1.70 bits per heavy atom. The molecular weight excluding hydrogens is 342 g/mol. The molecule has 146 valence electrons. The van der Waals surface area contributed by atoms with Crippen LogP contribution < -0.4 is 4.74 Å². The van der Waals surface area contributed by atoms with Crippen molar-refractivity contribution >= 4 is 0 Å². The fourth-order valence-corrected chi connectivity index (χ4v) is 3.86. The minimum Gasteiger partial charge on any atom is -0.491 e. The quantitative estimate of drug-likeness (QED) is 0.497. The highest BCUT2D eigenvalue weighted by Gasteiger charge is 2.20. The summed E-state index contributed by atoms with van der Waals surface area (Å²) in [6.45, 7) is 3.85. The van der Waals surface area contributed by atoms with E-state index in [-0.39, 0.29) is 24.3 Å². The fourth-order valence-electron chi connectivity index (χ4n) is 3.86. The summed E-state index contributed by atoms with van der Waals surface area (Å²) in [7, 11) is 0. The Hall–Kier alpha value is -1.90. The molecule has 0 aliphatic heterocycles. The lowest BCUT2D eigenvalue weighted by Crippen LogP contribution is -2.14. The molecule has 1 aliphatic carbocycles. The van der Waals surface area contributed by atoms with Gasteiger partial charge in [0, 0.05) is 5.56 Å². The number of ether oxygens (including phenoxy) is 1. The topological polar surface area (TPSA) is 9.23 Å². The Bertz CT molecular complexity index is 911. The highest BCUT2D eigenvalue weighted by molar-refractivity contribution is 5.65. The first kappa shape index (κ1) is 15.1. The third-order valence-corrected chi connectivity index (χ3v) is 5.65. The van der Waals surface area contributed by atoms with Gasteiger partial charge < -0.3 is 4.74 Å². The highest BCUT2D eigenvalue weighted by atomic mass is 19.2. The van der Waals surface area contributed by atoms with Crippen LogP contribution in [0.25, 0.3) is 11.1 Å². The van der Waals surface area contributed by atoms with E-state index in [1.165, 1.54) is 38.2 Å². The van der Waals surface area contributed by atoms with Crippen molar-refractivity contribution < 1.29 is 19.0 Å². The number of benzene rings is 2. The van der Waals surface area contributed by atoms with Crippen molar-refractivity contribution in [2.45, 2.75) is 58.8 Å². The molecule has 0 spiro atoms. The Morgan fingerprint density at radius 3 is 2.41 bits per heavy atom. The Balaban J connectivity index is 1.86. The zero-order valence-corrected chi connectivity index (χ0v) is 16.1. The van der Waals surface area contributed by atoms with Crippen molar-refractivity contribution in [1.82, 2.24) is 0 Å². The molecule has 0 atom stereocenters. The zero-order chi connectivity index (χ0) is 22.7. The van der Waals surface area contributed by atoms with E-state index < -0.39 is 35.0 Å². The van der Waals surface area contributed by atoms with Gasteiger partial charge in [-0.2, -0.15) is 4.39 Å². The standard InChI is InChI=1S/C24H30F2O/c1-3-17-5-7-18(8-6-17)9-10-19-11-13-20(14-12-19)21-15-16-22(27-4-2)24(26)23(21)25/h11-18H,3-10H2,1-2H3/i11D,13D,15D,16D. The SMILES string of the molecule is [2H]c1c(CCC2CCC(CC)CC2)ccc(-c2c([2H])c([2H])c(OCC)c(F)c2F)c1[2H]. The molecule has 2 aromatic rings. The molecule has 0 heterocycles. The predicted molar refractivity (Wildman–Crippen MR) is 107 cm³/mol. The maximum absolute atomic E-state index is 14.8. The molecule has 0 bridgehead atoms. The molecule has 2 aromatic carbocycles.